The van der Waals surface area contributed by atoms with Crippen LogP contribution in [0.2, 0.25) is 0 Å². The molecule has 1 aromatic rings. The minimum absolute atomic E-state index is 0.207. The molecule has 0 aliphatic carbocycles. The normalized spacial score (nSPS) is 12.6. The van der Waals surface area contributed by atoms with Crippen molar-refractivity contribution < 1.29 is 19.4 Å². The van der Waals surface area contributed by atoms with Crippen LogP contribution in [0.4, 0.5) is 4.79 Å². The number of ether oxygens (including phenoxy) is 1. The molecule has 1 atom stereocenters. The van der Waals surface area contributed by atoms with Crippen molar-refractivity contribution >= 4 is 28.0 Å². The highest BCUT2D eigenvalue weighted by atomic mass is 79.9. The third-order valence-electron chi connectivity index (χ3n) is 2.34. The van der Waals surface area contributed by atoms with E-state index in [9.17, 15) is 9.59 Å². The summed E-state index contributed by atoms with van der Waals surface area (Å²) >= 11 is 3.31. The van der Waals surface area contributed by atoms with Crippen LogP contribution in [0.5, 0.6) is 0 Å². The van der Waals surface area contributed by atoms with Gasteiger partial charge in [-0.2, -0.15) is 0 Å². The number of nitrogens with one attached hydrogen (secondary N) is 1. The molecule has 0 spiro atoms. The smallest absolute Gasteiger partial charge is 0.408 e. The zero-order valence-electron chi connectivity index (χ0n) is 11.6. The van der Waals surface area contributed by atoms with E-state index in [0.717, 1.165) is 4.47 Å². The average molecular weight is 344 g/mol. The van der Waals surface area contributed by atoms with E-state index in [1.807, 2.05) is 0 Å². The van der Waals surface area contributed by atoms with Crippen molar-refractivity contribution in [2.45, 2.75) is 38.8 Å². The maximum Gasteiger partial charge on any atom is 0.408 e. The second-order valence-corrected chi connectivity index (χ2v) is 6.26. The van der Waals surface area contributed by atoms with Crippen molar-refractivity contribution in [1.29, 1.82) is 0 Å². The molecule has 20 heavy (non-hydrogen) atoms. The Kier molecular flexibility index (Phi) is 5.56. The highest BCUT2D eigenvalue weighted by Gasteiger charge is 2.22. The lowest BCUT2D eigenvalue weighted by Crippen LogP contribution is -2.35. The Morgan fingerprint density at radius 2 is 1.85 bits per heavy atom. The van der Waals surface area contributed by atoms with Crippen LogP contribution in [-0.2, 0) is 9.53 Å². The van der Waals surface area contributed by atoms with Gasteiger partial charge in [0.15, 0.2) is 0 Å². The Morgan fingerprint density at radius 1 is 1.30 bits per heavy atom. The third-order valence-corrected chi connectivity index (χ3v) is 2.87. The highest BCUT2D eigenvalue weighted by Crippen LogP contribution is 2.20. The van der Waals surface area contributed by atoms with Crippen LogP contribution >= 0.6 is 15.9 Å². The molecule has 0 aromatic heterocycles. The molecule has 0 unspecified atom stereocenters. The van der Waals surface area contributed by atoms with Crippen LogP contribution in [0, 0.1) is 0 Å². The number of alkyl carbamates (subject to hydrolysis) is 1. The van der Waals surface area contributed by atoms with E-state index in [-0.39, 0.29) is 6.42 Å². The van der Waals surface area contributed by atoms with Gasteiger partial charge in [-0.3, -0.25) is 4.79 Å². The summed E-state index contributed by atoms with van der Waals surface area (Å²) in [7, 11) is 0. The molecule has 0 aliphatic heterocycles. The SMILES string of the molecule is CC(C)(C)OC(=O)N[C@@H](CC(=O)O)c1ccc(Br)cc1. The first-order chi connectivity index (χ1) is 9.17. The fraction of sp³-hybridized carbons (Fsp3) is 0.429. The summed E-state index contributed by atoms with van der Waals surface area (Å²) in [5.41, 5.74) is 0.0823. The summed E-state index contributed by atoms with van der Waals surface area (Å²) in [4.78, 5) is 22.7. The van der Waals surface area contributed by atoms with Crippen molar-refractivity contribution in [3.05, 3.63) is 34.3 Å². The van der Waals surface area contributed by atoms with E-state index in [0.29, 0.717) is 5.56 Å². The Hall–Kier alpha value is -1.56. The predicted octanol–water partition coefficient (Wildman–Crippen LogP) is 3.49. The van der Waals surface area contributed by atoms with E-state index in [4.69, 9.17) is 9.84 Å². The van der Waals surface area contributed by atoms with E-state index >= 15 is 0 Å². The van der Waals surface area contributed by atoms with Gasteiger partial charge in [0.25, 0.3) is 0 Å². The van der Waals surface area contributed by atoms with Gasteiger partial charge in [0.1, 0.15) is 5.60 Å². The molecule has 0 aliphatic rings. The molecule has 0 heterocycles. The molecule has 0 radical (unpaired) electrons. The molecule has 0 saturated heterocycles. The van der Waals surface area contributed by atoms with Gasteiger partial charge in [0, 0.05) is 4.47 Å². The molecule has 0 fully saturated rings. The van der Waals surface area contributed by atoms with E-state index in [1.54, 1.807) is 45.0 Å². The van der Waals surface area contributed by atoms with Crippen LogP contribution in [0.15, 0.2) is 28.7 Å². The van der Waals surface area contributed by atoms with Crippen molar-refractivity contribution in [2.75, 3.05) is 0 Å². The Balaban J connectivity index is 2.82. The van der Waals surface area contributed by atoms with Crippen LogP contribution in [0.25, 0.3) is 0 Å². The standard InChI is InChI=1S/C14H18BrNO4/c1-14(2,3)20-13(19)16-11(8-12(17)18)9-4-6-10(15)7-5-9/h4-7,11H,8H2,1-3H3,(H,16,19)(H,17,18)/t11-/m0/s1. The molecule has 1 aromatic carbocycles. The molecule has 110 valence electrons. The summed E-state index contributed by atoms with van der Waals surface area (Å²) in [5, 5.41) is 11.5. The summed E-state index contributed by atoms with van der Waals surface area (Å²) in [6.07, 6.45) is -0.840. The van der Waals surface area contributed by atoms with Crippen molar-refractivity contribution in [2.24, 2.45) is 0 Å². The first-order valence-corrected chi connectivity index (χ1v) is 6.93. The maximum absolute atomic E-state index is 11.8. The maximum atomic E-state index is 11.8. The number of aliphatic carboxylic acids is 1. The number of carboxylic acid groups (broad SMARTS) is 1. The van der Waals surface area contributed by atoms with Gasteiger partial charge in [-0.25, -0.2) is 4.79 Å². The topological polar surface area (TPSA) is 75.6 Å². The molecule has 0 saturated carbocycles. The number of hydrogen-bond acceptors (Lipinski definition) is 3. The number of halogens is 1. The summed E-state index contributed by atoms with van der Waals surface area (Å²) in [6, 6.07) is 6.47. The zero-order chi connectivity index (χ0) is 15.3. The predicted molar refractivity (Wildman–Crippen MR) is 78.5 cm³/mol. The third kappa shape index (κ3) is 6.06. The van der Waals surface area contributed by atoms with Crippen molar-refractivity contribution in [1.82, 2.24) is 5.32 Å². The number of hydrogen-bond donors (Lipinski definition) is 2. The number of rotatable bonds is 4. The molecular weight excluding hydrogens is 326 g/mol. The van der Waals surface area contributed by atoms with Gasteiger partial charge in [-0.1, -0.05) is 28.1 Å². The second kappa shape index (κ2) is 6.74. The van der Waals surface area contributed by atoms with Crippen LogP contribution in [0.3, 0.4) is 0 Å². The van der Waals surface area contributed by atoms with Gasteiger partial charge in [-0.15, -0.1) is 0 Å². The number of carbonyl (C=O) groups excluding carboxylic acids is 1. The summed E-state index contributed by atoms with van der Waals surface area (Å²) in [5.74, 6) is -0.992. The van der Waals surface area contributed by atoms with Crippen molar-refractivity contribution in [3.8, 4) is 0 Å². The average Bonchev–Trinajstić information content (AvgIpc) is 2.25. The largest absolute Gasteiger partial charge is 0.481 e. The van der Waals surface area contributed by atoms with E-state index in [1.165, 1.54) is 0 Å². The zero-order valence-corrected chi connectivity index (χ0v) is 13.2. The van der Waals surface area contributed by atoms with Crippen LogP contribution < -0.4 is 5.32 Å². The van der Waals surface area contributed by atoms with Gasteiger partial charge < -0.3 is 15.2 Å². The summed E-state index contributed by atoms with van der Waals surface area (Å²) in [6.45, 7) is 5.25. The molecule has 0 bridgehead atoms. The lowest BCUT2D eigenvalue weighted by molar-refractivity contribution is -0.137. The minimum atomic E-state index is -0.992. The van der Waals surface area contributed by atoms with Crippen LogP contribution in [-0.4, -0.2) is 22.8 Å². The Bertz CT molecular complexity index is 479. The molecular formula is C14H18BrNO4. The fourth-order valence-electron chi connectivity index (χ4n) is 1.57. The van der Waals surface area contributed by atoms with Gasteiger partial charge in [0.2, 0.25) is 0 Å². The Labute approximate surface area is 126 Å². The molecule has 2 N–H and O–H groups in total. The summed E-state index contributed by atoms with van der Waals surface area (Å²) < 4.78 is 6.02. The first kappa shape index (κ1) is 16.5. The monoisotopic (exact) mass is 343 g/mol. The number of benzene rings is 1. The lowest BCUT2D eigenvalue weighted by Gasteiger charge is -2.23. The second-order valence-electron chi connectivity index (χ2n) is 5.35. The first-order valence-electron chi connectivity index (χ1n) is 6.14. The Morgan fingerprint density at radius 3 is 2.30 bits per heavy atom. The van der Waals surface area contributed by atoms with Gasteiger partial charge >= 0.3 is 12.1 Å². The fourth-order valence-corrected chi connectivity index (χ4v) is 1.84. The molecule has 5 nitrogen and oxygen atoms in total. The minimum Gasteiger partial charge on any atom is -0.481 e. The van der Waals surface area contributed by atoms with E-state index in [2.05, 4.69) is 21.2 Å². The van der Waals surface area contributed by atoms with Gasteiger partial charge in [-0.05, 0) is 38.5 Å². The van der Waals surface area contributed by atoms with Gasteiger partial charge in [0.05, 0.1) is 12.5 Å². The quantitative estimate of drug-likeness (QED) is 0.877. The number of carbonyl (C=O) groups is 2. The van der Waals surface area contributed by atoms with Crippen LogP contribution in [0.1, 0.15) is 38.8 Å². The number of amides is 1. The highest BCUT2D eigenvalue weighted by molar-refractivity contribution is 9.10. The van der Waals surface area contributed by atoms with E-state index < -0.39 is 23.7 Å². The number of carboxylic acids is 1. The molecule has 6 heteroatoms. The lowest BCUT2D eigenvalue weighted by atomic mass is 10.0. The van der Waals surface area contributed by atoms with Crippen molar-refractivity contribution in [3.63, 3.8) is 0 Å². The molecule has 1 rings (SSSR count). The molecule has 1 amide bonds.